The normalized spacial score (nSPS) is 19.8. The summed E-state index contributed by atoms with van der Waals surface area (Å²) >= 11 is 0. The molecule has 1 aromatic carbocycles. The lowest BCUT2D eigenvalue weighted by molar-refractivity contribution is 0.582. The molecule has 25 heavy (non-hydrogen) atoms. The van der Waals surface area contributed by atoms with Crippen LogP contribution in [0.2, 0.25) is 0 Å². The van der Waals surface area contributed by atoms with Gasteiger partial charge in [-0.1, -0.05) is 42.0 Å². The van der Waals surface area contributed by atoms with E-state index in [-0.39, 0.29) is 0 Å². The van der Waals surface area contributed by atoms with Crippen molar-refractivity contribution in [2.45, 2.75) is 31.9 Å². The summed E-state index contributed by atoms with van der Waals surface area (Å²) in [4.78, 5) is 7.87. The fourth-order valence-corrected chi connectivity index (χ4v) is 5.25. The van der Waals surface area contributed by atoms with Crippen LogP contribution in [0.1, 0.15) is 24.9 Å². The van der Waals surface area contributed by atoms with Crippen molar-refractivity contribution in [2.75, 3.05) is 10.8 Å². The molecule has 2 heterocycles. The van der Waals surface area contributed by atoms with Crippen LogP contribution in [0.3, 0.4) is 0 Å². The molecule has 0 saturated heterocycles. The predicted octanol–water partition coefficient (Wildman–Crippen LogP) is 3.35. The first-order chi connectivity index (χ1) is 12.0. The molecule has 130 valence electrons. The average Bonchev–Trinajstić information content (AvgIpc) is 2.89. The van der Waals surface area contributed by atoms with Crippen molar-refractivity contribution in [3.05, 3.63) is 59.6 Å². The first kappa shape index (κ1) is 16.1. The van der Waals surface area contributed by atoms with Gasteiger partial charge in [-0.3, -0.25) is 4.31 Å². The van der Waals surface area contributed by atoms with Crippen LogP contribution >= 0.6 is 0 Å². The highest BCUT2D eigenvalue weighted by atomic mass is 32.2. The summed E-state index contributed by atoms with van der Waals surface area (Å²) in [5.41, 5.74) is 4.55. The van der Waals surface area contributed by atoms with Gasteiger partial charge in [-0.15, -0.1) is 0 Å². The number of aromatic nitrogens is 2. The van der Waals surface area contributed by atoms with Gasteiger partial charge in [0, 0.05) is 24.2 Å². The van der Waals surface area contributed by atoms with Gasteiger partial charge in [0.05, 0.1) is 11.4 Å². The van der Waals surface area contributed by atoms with Crippen LogP contribution < -0.4 is 4.31 Å². The van der Waals surface area contributed by atoms with Gasteiger partial charge in [0.1, 0.15) is 11.1 Å². The van der Waals surface area contributed by atoms with Gasteiger partial charge in [-0.25, -0.2) is 13.4 Å². The third kappa shape index (κ3) is 2.70. The highest BCUT2D eigenvalue weighted by Gasteiger charge is 2.34. The lowest BCUT2D eigenvalue weighted by Gasteiger charge is -2.28. The van der Waals surface area contributed by atoms with Gasteiger partial charge in [0.15, 0.2) is 0 Å². The SMILES string of the molecule is CC1=CCC(S(=O)(=O)N2CCc3[nH]c(C)nc3-c3ccccc32)C=C1. The largest absolute Gasteiger partial charge is 0.346 e. The number of hydrogen-bond donors (Lipinski definition) is 1. The molecule has 1 unspecified atom stereocenters. The van der Waals surface area contributed by atoms with Crippen molar-refractivity contribution in [3.8, 4) is 11.3 Å². The van der Waals surface area contributed by atoms with E-state index in [4.69, 9.17) is 0 Å². The Labute approximate surface area is 148 Å². The van der Waals surface area contributed by atoms with Crippen LogP contribution in [0.25, 0.3) is 11.3 Å². The molecular formula is C19H21N3O2S. The number of sulfonamides is 1. The fourth-order valence-electron chi connectivity index (χ4n) is 3.53. The summed E-state index contributed by atoms with van der Waals surface area (Å²) in [7, 11) is -3.49. The van der Waals surface area contributed by atoms with Crippen molar-refractivity contribution < 1.29 is 8.42 Å². The minimum atomic E-state index is -3.49. The van der Waals surface area contributed by atoms with Crippen molar-refractivity contribution in [3.63, 3.8) is 0 Å². The van der Waals surface area contributed by atoms with E-state index in [1.165, 1.54) is 0 Å². The third-order valence-electron chi connectivity index (χ3n) is 4.83. The number of nitrogens with zero attached hydrogens (tertiary/aromatic N) is 2. The van der Waals surface area contributed by atoms with Crippen LogP contribution in [0, 0.1) is 6.92 Å². The molecule has 2 aliphatic rings. The summed E-state index contributed by atoms with van der Waals surface area (Å²) in [5.74, 6) is 0.854. The minimum absolute atomic E-state index is 0.418. The van der Waals surface area contributed by atoms with E-state index in [0.29, 0.717) is 25.1 Å². The van der Waals surface area contributed by atoms with Crippen molar-refractivity contribution >= 4 is 15.7 Å². The van der Waals surface area contributed by atoms with Gasteiger partial charge >= 0.3 is 0 Å². The maximum absolute atomic E-state index is 13.3. The smallest absolute Gasteiger partial charge is 0.241 e. The van der Waals surface area contributed by atoms with E-state index in [0.717, 1.165) is 28.3 Å². The van der Waals surface area contributed by atoms with E-state index in [1.807, 2.05) is 50.3 Å². The Morgan fingerprint density at radius 3 is 2.80 bits per heavy atom. The lowest BCUT2D eigenvalue weighted by atomic mass is 10.1. The van der Waals surface area contributed by atoms with E-state index in [2.05, 4.69) is 9.97 Å². The number of H-pyrrole nitrogens is 1. The van der Waals surface area contributed by atoms with Crippen molar-refractivity contribution in [2.24, 2.45) is 0 Å². The third-order valence-corrected chi connectivity index (χ3v) is 6.93. The predicted molar refractivity (Wildman–Crippen MR) is 100 cm³/mol. The summed E-state index contributed by atoms with van der Waals surface area (Å²) < 4.78 is 28.2. The van der Waals surface area contributed by atoms with Gasteiger partial charge in [-0.05, 0) is 26.3 Å². The Morgan fingerprint density at radius 1 is 1.24 bits per heavy atom. The number of imidazole rings is 1. The van der Waals surface area contributed by atoms with Crippen LogP contribution in [-0.2, 0) is 16.4 Å². The molecule has 1 aliphatic carbocycles. The molecule has 1 aliphatic heterocycles. The molecular weight excluding hydrogens is 334 g/mol. The number of aryl methyl sites for hydroxylation is 1. The van der Waals surface area contributed by atoms with Crippen LogP contribution in [0.15, 0.2) is 48.1 Å². The number of fused-ring (bicyclic) bond motifs is 3. The summed E-state index contributed by atoms with van der Waals surface area (Å²) in [6.45, 7) is 4.33. The Kier molecular flexibility index (Phi) is 3.80. The van der Waals surface area contributed by atoms with E-state index in [1.54, 1.807) is 10.4 Å². The number of hydrogen-bond acceptors (Lipinski definition) is 3. The molecule has 2 aromatic rings. The number of aromatic amines is 1. The van der Waals surface area contributed by atoms with E-state index in [9.17, 15) is 8.42 Å². The number of para-hydroxylation sites is 1. The van der Waals surface area contributed by atoms with E-state index < -0.39 is 15.3 Å². The van der Waals surface area contributed by atoms with E-state index >= 15 is 0 Å². The Morgan fingerprint density at radius 2 is 2.04 bits per heavy atom. The van der Waals surface area contributed by atoms with Crippen LogP contribution in [0.5, 0.6) is 0 Å². The van der Waals surface area contributed by atoms with Crippen LogP contribution in [-0.4, -0.2) is 30.2 Å². The number of anilines is 1. The number of rotatable bonds is 2. The molecule has 0 bridgehead atoms. The monoisotopic (exact) mass is 355 g/mol. The molecule has 0 amide bonds. The Balaban J connectivity index is 1.80. The highest BCUT2D eigenvalue weighted by Crippen LogP contribution is 2.37. The summed E-state index contributed by atoms with van der Waals surface area (Å²) in [6, 6.07) is 7.63. The second kappa shape index (κ2) is 5.88. The summed E-state index contributed by atoms with van der Waals surface area (Å²) in [5, 5.41) is -0.518. The van der Waals surface area contributed by atoms with Crippen LogP contribution in [0.4, 0.5) is 5.69 Å². The standard InChI is InChI=1S/C19H21N3O2S/c1-13-7-9-15(10-8-13)25(23,24)22-12-11-17-19(21-14(2)20-17)16-5-3-4-6-18(16)22/h3-9,15H,10-12H2,1-2H3,(H,20,21). The minimum Gasteiger partial charge on any atom is -0.346 e. The zero-order valence-corrected chi connectivity index (χ0v) is 15.2. The molecule has 4 rings (SSSR count). The first-order valence-corrected chi connectivity index (χ1v) is 9.98. The maximum atomic E-state index is 13.3. The quantitative estimate of drug-likeness (QED) is 0.898. The fraction of sp³-hybridized carbons (Fsp3) is 0.316. The molecule has 1 atom stereocenters. The number of nitrogens with one attached hydrogen (secondary N) is 1. The van der Waals surface area contributed by atoms with Gasteiger partial charge in [0.2, 0.25) is 10.0 Å². The molecule has 0 saturated carbocycles. The van der Waals surface area contributed by atoms with Gasteiger partial charge < -0.3 is 4.98 Å². The Bertz CT molecular complexity index is 986. The number of benzene rings is 1. The highest BCUT2D eigenvalue weighted by molar-refractivity contribution is 7.93. The zero-order chi connectivity index (χ0) is 17.6. The van der Waals surface area contributed by atoms with Gasteiger partial charge in [-0.2, -0.15) is 0 Å². The number of allylic oxidation sites excluding steroid dienone is 3. The molecule has 1 N–H and O–H groups in total. The maximum Gasteiger partial charge on any atom is 0.241 e. The molecule has 0 spiro atoms. The molecule has 0 radical (unpaired) electrons. The topological polar surface area (TPSA) is 66.1 Å². The molecule has 6 heteroatoms. The summed E-state index contributed by atoms with van der Waals surface area (Å²) in [6.07, 6.45) is 6.82. The average molecular weight is 355 g/mol. The second-order valence-corrected chi connectivity index (χ2v) is 8.69. The lowest BCUT2D eigenvalue weighted by Crippen LogP contribution is -2.39. The molecule has 1 aromatic heterocycles. The van der Waals surface area contributed by atoms with Crippen molar-refractivity contribution in [1.82, 2.24) is 9.97 Å². The molecule has 5 nitrogen and oxygen atoms in total. The Hall–Kier alpha value is -2.34. The first-order valence-electron chi connectivity index (χ1n) is 8.48. The van der Waals surface area contributed by atoms with Crippen molar-refractivity contribution in [1.29, 1.82) is 0 Å². The zero-order valence-electron chi connectivity index (χ0n) is 14.4. The molecule has 0 fully saturated rings. The van der Waals surface area contributed by atoms with Gasteiger partial charge in [0.25, 0.3) is 0 Å². The second-order valence-electron chi connectivity index (χ2n) is 6.62.